The van der Waals surface area contributed by atoms with Gasteiger partial charge in [-0.2, -0.15) is 0 Å². The quantitative estimate of drug-likeness (QED) is 0.743. The number of aromatic nitrogens is 3. The fourth-order valence-electron chi connectivity index (χ4n) is 3.41. The molecule has 0 radical (unpaired) electrons. The SMILES string of the molecule is Cn1cccc1CN1CCc2nc(-c3ccccc3)n(C)c2C1. The van der Waals surface area contributed by atoms with Crippen molar-refractivity contribution in [1.29, 1.82) is 0 Å². The van der Waals surface area contributed by atoms with E-state index in [1.165, 1.54) is 22.6 Å². The van der Waals surface area contributed by atoms with E-state index in [0.29, 0.717) is 0 Å². The lowest BCUT2D eigenvalue weighted by molar-refractivity contribution is 0.233. The van der Waals surface area contributed by atoms with Gasteiger partial charge in [0.25, 0.3) is 0 Å². The van der Waals surface area contributed by atoms with Crippen LogP contribution in [-0.4, -0.2) is 25.6 Å². The third-order valence-corrected chi connectivity index (χ3v) is 4.80. The number of imidazole rings is 1. The minimum absolute atomic E-state index is 0.969. The topological polar surface area (TPSA) is 26.0 Å². The Bertz CT molecular complexity index is 813. The second-order valence-corrected chi connectivity index (χ2v) is 6.32. The number of benzene rings is 1. The van der Waals surface area contributed by atoms with Gasteiger partial charge in [0, 0.05) is 57.6 Å². The van der Waals surface area contributed by atoms with Crippen molar-refractivity contribution in [3.05, 3.63) is 65.7 Å². The van der Waals surface area contributed by atoms with Crippen LogP contribution in [-0.2, 0) is 33.6 Å². The van der Waals surface area contributed by atoms with Crippen LogP contribution in [0, 0.1) is 0 Å². The molecule has 3 aromatic rings. The van der Waals surface area contributed by atoms with E-state index in [1.54, 1.807) is 0 Å². The van der Waals surface area contributed by atoms with Gasteiger partial charge in [-0.15, -0.1) is 0 Å². The van der Waals surface area contributed by atoms with Crippen molar-refractivity contribution < 1.29 is 0 Å². The van der Waals surface area contributed by atoms with Gasteiger partial charge in [0.05, 0.1) is 11.4 Å². The summed E-state index contributed by atoms with van der Waals surface area (Å²) in [4.78, 5) is 7.41. The summed E-state index contributed by atoms with van der Waals surface area (Å²) in [5, 5.41) is 0. The van der Waals surface area contributed by atoms with E-state index in [0.717, 1.165) is 31.9 Å². The molecule has 0 amide bonds. The van der Waals surface area contributed by atoms with Crippen LogP contribution in [0.3, 0.4) is 0 Å². The summed E-state index contributed by atoms with van der Waals surface area (Å²) in [5.74, 6) is 1.08. The van der Waals surface area contributed by atoms with Gasteiger partial charge < -0.3 is 9.13 Å². The van der Waals surface area contributed by atoms with Gasteiger partial charge in [0.15, 0.2) is 0 Å². The molecule has 3 heterocycles. The molecule has 23 heavy (non-hydrogen) atoms. The Labute approximate surface area is 137 Å². The Morgan fingerprint density at radius 1 is 1.04 bits per heavy atom. The van der Waals surface area contributed by atoms with Gasteiger partial charge >= 0.3 is 0 Å². The van der Waals surface area contributed by atoms with Crippen LogP contribution >= 0.6 is 0 Å². The second-order valence-electron chi connectivity index (χ2n) is 6.32. The molecule has 1 aliphatic rings. The number of fused-ring (bicyclic) bond motifs is 1. The Kier molecular flexibility index (Phi) is 3.54. The number of nitrogens with zero attached hydrogens (tertiary/aromatic N) is 4. The van der Waals surface area contributed by atoms with Gasteiger partial charge in [-0.05, 0) is 12.1 Å². The first-order chi connectivity index (χ1) is 11.2. The zero-order valence-electron chi connectivity index (χ0n) is 13.7. The van der Waals surface area contributed by atoms with E-state index in [2.05, 4.69) is 70.7 Å². The molecule has 0 bridgehead atoms. The van der Waals surface area contributed by atoms with Crippen LogP contribution in [0.25, 0.3) is 11.4 Å². The lowest BCUT2D eigenvalue weighted by Crippen LogP contribution is -2.31. The van der Waals surface area contributed by atoms with Crippen molar-refractivity contribution >= 4 is 0 Å². The number of rotatable bonds is 3. The third kappa shape index (κ3) is 2.59. The highest BCUT2D eigenvalue weighted by atomic mass is 15.2. The number of hydrogen-bond donors (Lipinski definition) is 0. The molecule has 0 saturated carbocycles. The van der Waals surface area contributed by atoms with Crippen molar-refractivity contribution in [2.24, 2.45) is 14.1 Å². The molecule has 0 saturated heterocycles. The highest BCUT2D eigenvalue weighted by molar-refractivity contribution is 5.56. The Hall–Kier alpha value is -2.33. The Morgan fingerprint density at radius 3 is 2.61 bits per heavy atom. The Morgan fingerprint density at radius 2 is 1.87 bits per heavy atom. The molecule has 0 spiro atoms. The Balaban J connectivity index is 1.60. The van der Waals surface area contributed by atoms with E-state index >= 15 is 0 Å². The van der Waals surface area contributed by atoms with E-state index in [4.69, 9.17) is 4.98 Å². The monoisotopic (exact) mass is 306 g/mol. The van der Waals surface area contributed by atoms with E-state index in [1.807, 2.05) is 6.07 Å². The lowest BCUT2D eigenvalue weighted by Gasteiger charge is -2.27. The van der Waals surface area contributed by atoms with Crippen molar-refractivity contribution in [2.45, 2.75) is 19.5 Å². The van der Waals surface area contributed by atoms with Gasteiger partial charge in [-0.3, -0.25) is 4.90 Å². The highest BCUT2D eigenvalue weighted by Gasteiger charge is 2.23. The fourth-order valence-corrected chi connectivity index (χ4v) is 3.41. The first-order valence-corrected chi connectivity index (χ1v) is 8.15. The minimum atomic E-state index is 0.969. The second kappa shape index (κ2) is 5.70. The van der Waals surface area contributed by atoms with Crippen LogP contribution in [0.4, 0.5) is 0 Å². The van der Waals surface area contributed by atoms with Gasteiger partial charge in [-0.1, -0.05) is 30.3 Å². The first kappa shape index (κ1) is 14.3. The molecule has 2 aromatic heterocycles. The summed E-state index contributed by atoms with van der Waals surface area (Å²) < 4.78 is 4.47. The van der Waals surface area contributed by atoms with E-state index < -0.39 is 0 Å². The van der Waals surface area contributed by atoms with E-state index in [9.17, 15) is 0 Å². The molecule has 4 nitrogen and oxygen atoms in total. The summed E-state index contributed by atoms with van der Waals surface area (Å²) in [5.41, 5.74) is 5.16. The van der Waals surface area contributed by atoms with Crippen molar-refractivity contribution in [3.63, 3.8) is 0 Å². The van der Waals surface area contributed by atoms with Crippen molar-refractivity contribution in [3.8, 4) is 11.4 Å². The predicted octanol–water partition coefficient (Wildman–Crippen LogP) is 2.98. The normalized spacial score (nSPS) is 14.9. The highest BCUT2D eigenvalue weighted by Crippen LogP contribution is 2.26. The van der Waals surface area contributed by atoms with Gasteiger partial charge in [-0.25, -0.2) is 4.98 Å². The maximum Gasteiger partial charge on any atom is 0.140 e. The van der Waals surface area contributed by atoms with Crippen molar-refractivity contribution in [2.75, 3.05) is 6.54 Å². The number of aryl methyl sites for hydroxylation is 1. The fraction of sp³-hybridized carbons (Fsp3) is 0.316. The van der Waals surface area contributed by atoms with Gasteiger partial charge in [0.2, 0.25) is 0 Å². The predicted molar refractivity (Wildman–Crippen MR) is 91.9 cm³/mol. The summed E-state index contributed by atoms with van der Waals surface area (Å²) in [6.07, 6.45) is 3.14. The molecule has 0 aliphatic carbocycles. The van der Waals surface area contributed by atoms with Crippen LogP contribution in [0.1, 0.15) is 17.1 Å². The number of hydrogen-bond acceptors (Lipinski definition) is 2. The summed E-state index contributed by atoms with van der Waals surface area (Å²) in [6, 6.07) is 14.8. The minimum Gasteiger partial charge on any atom is -0.353 e. The molecule has 4 rings (SSSR count). The first-order valence-electron chi connectivity index (χ1n) is 8.15. The largest absolute Gasteiger partial charge is 0.353 e. The maximum atomic E-state index is 4.90. The summed E-state index contributed by atoms with van der Waals surface area (Å²) >= 11 is 0. The molecular weight excluding hydrogens is 284 g/mol. The van der Waals surface area contributed by atoms with Crippen LogP contribution in [0.2, 0.25) is 0 Å². The molecule has 0 unspecified atom stereocenters. The molecule has 0 fully saturated rings. The molecule has 1 aliphatic heterocycles. The summed E-state index contributed by atoms with van der Waals surface area (Å²) in [6.45, 7) is 3.04. The van der Waals surface area contributed by atoms with Gasteiger partial charge in [0.1, 0.15) is 5.82 Å². The average Bonchev–Trinajstić information content (AvgIpc) is 3.13. The smallest absolute Gasteiger partial charge is 0.140 e. The van der Waals surface area contributed by atoms with Crippen LogP contribution in [0.15, 0.2) is 48.7 Å². The molecule has 0 atom stereocenters. The molecule has 4 heteroatoms. The molecule has 1 aromatic carbocycles. The third-order valence-electron chi connectivity index (χ3n) is 4.80. The van der Waals surface area contributed by atoms with E-state index in [-0.39, 0.29) is 0 Å². The maximum absolute atomic E-state index is 4.90. The molecule has 0 N–H and O–H groups in total. The summed E-state index contributed by atoms with van der Waals surface area (Å²) in [7, 11) is 4.25. The zero-order chi connectivity index (χ0) is 15.8. The molecular formula is C19H22N4. The van der Waals surface area contributed by atoms with Crippen LogP contribution < -0.4 is 0 Å². The molecule has 118 valence electrons. The van der Waals surface area contributed by atoms with Crippen LogP contribution in [0.5, 0.6) is 0 Å². The standard InChI is InChI=1S/C19H22N4/c1-21-11-6-9-16(21)13-23-12-10-17-18(14-23)22(2)19(20-17)15-7-4-3-5-8-15/h3-9,11H,10,12-14H2,1-2H3. The zero-order valence-corrected chi connectivity index (χ0v) is 13.7. The van der Waals surface area contributed by atoms with Crippen molar-refractivity contribution in [1.82, 2.24) is 19.0 Å². The average molecular weight is 306 g/mol. The lowest BCUT2D eigenvalue weighted by atomic mass is 10.1.